The van der Waals surface area contributed by atoms with E-state index in [0.29, 0.717) is 16.3 Å². The average molecular weight is 375 g/mol. The number of imidazole rings is 1. The number of anilines is 1. The van der Waals surface area contributed by atoms with Gasteiger partial charge in [0.05, 0.1) is 12.9 Å². The summed E-state index contributed by atoms with van der Waals surface area (Å²) in [4.78, 5) is 13.9. The lowest BCUT2D eigenvalue weighted by Gasteiger charge is -2.16. The van der Waals surface area contributed by atoms with Crippen molar-refractivity contribution in [2.24, 2.45) is 0 Å². The van der Waals surface area contributed by atoms with Crippen molar-refractivity contribution in [1.29, 1.82) is 0 Å². The minimum atomic E-state index is -1.23. The Hall–Kier alpha value is -2.24. The van der Waals surface area contributed by atoms with Crippen LogP contribution in [0.2, 0.25) is 0 Å². The zero-order valence-corrected chi connectivity index (χ0v) is 14.3. The Morgan fingerprint density at radius 2 is 1.92 bits per heavy atom. The Balaban J connectivity index is 1.73. The first-order valence-electron chi connectivity index (χ1n) is 7.94. The van der Waals surface area contributed by atoms with Gasteiger partial charge in [-0.05, 0) is 23.9 Å². The molecule has 1 aromatic carbocycles. The highest BCUT2D eigenvalue weighted by molar-refractivity contribution is 7.99. The Kier molecular flexibility index (Phi) is 4.51. The van der Waals surface area contributed by atoms with Crippen molar-refractivity contribution in [1.82, 2.24) is 19.5 Å². The number of ether oxygens (including phenoxy) is 1. The Morgan fingerprint density at radius 3 is 2.62 bits per heavy atom. The molecule has 0 radical (unpaired) electrons. The smallest absolute Gasteiger partial charge is 0.196 e. The van der Waals surface area contributed by atoms with E-state index in [1.807, 2.05) is 30.3 Å². The standard InChI is InChI=1S/C16H17N5O4S/c17-13-10-14(20-16(19-13)26-8-4-2-1-3-5-8)21(7-18-10)15-12(24)11(23)9(6-22)25-15/h1-5,7,9,11-12,15,22-24H,6H2,(H2,17,19,20)/t9-,11-,12-,15-/m1/s1. The normalized spacial score (nSPS) is 25.8. The Morgan fingerprint density at radius 1 is 1.15 bits per heavy atom. The van der Waals surface area contributed by atoms with Crippen LogP contribution in [0.4, 0.5) is 5.82 Å². The summed E-state index contributed by atoms with van der Waals surface area (Å²) < 4.78 is 7.04. The molecule has 0 unspecified atom stereocenters. The van der Waals surface area contributed by atoms with Crippen LogP contribution in [0.1, 0.15) is 6.23 Å². The molecule has 1 aliphatic rings. The van der Waals surface area contributed by atoms with E-state index >= 15 is 0 Å². The molecule has 9 nitrogen and oxygen atoms in total. The lowest BCUT2D eigenvalue weighted by atomic mass is 10.1. The summed E-state index contributed by atoms with van der Waals surface area (Å²) in [5, 5.41) is 29.9. The van der Waals surface area contributed by atoms with Crippen LogP contribution in [0.15, 0.2) is 46.7 Å². The lowest BCUT2D eigenvalue weighted by Crippen LogP contribution is -2.33. The minimum absolute atomic E-state index is 0.207. The maximum Gasteiger partial charge on any atom is 0.196 e. The van der Waals surface area contributed by atoms with Crippen molar-refractivity contribution in [3.05, 3.63) is 36.7 Å². The van der Waals surface area contributed by atoms with Gasteiger partial charge in [-0.1, -0.05) is 18.2 Å². The number of hydrogen-bond acceptors (Lipinski definition) is 9. The minimum Gasteiger partial charge on any atom is -0.394 e. The molecule has 136 valence electrons. The molecule has 10 heteroatoms. The maximum absolute atomic E-state index is 10.2. The number of aromatic nitrogens is 4. The summed E-state index contributed by atoms with van der Waals surface area (Å²) in [6, 6.07) is 9.59. The van der Waals surface area contributed by atoms with E-state index < -0.39 is 31.1 Å². The molecule has 0 saturated carbocycles. The lowest BCUT2D eigenvalue weighted by molar-refractivity contribution is -0.0511. The van der Waals surface area contributed by atoms with Crippen molar-refractivity contribution < 1.29 is 20.1 Å². The molecular formula is C16H17N5O4S. The molecule has 0 aliphatic carbocycles. The quantitative estimate of drug-likeness (QED) is 0.470. The van der Waals surface area contributed by atoms with Crippen LogP contribution >= 0.6 is 11.8 Å². The summed E-state index contributed by atoms with van der Waals surface area (Å²) in [7, 11) is 0. The summed E-state index contributed by atoms with van der Waals surface area (Å²) >= 11 is 1.34. The zero-order valence-electron chi connectivity index (χ0n) is 13.5. The van der Waals surface area contributed by atoms with Gasteiger partial charge in [-0.15, -0.1) is 0 Å². The third-order valence-electron chi connectivity index (χ3n) is 4.17. The fourth-order valence-corrected chi connectivity index (χ4v) is 3.63. The molecule has 1 aliphatic heterocycles. The molecule has 1 saturated heterocycles. The first-order valence-corrected chi connectivity index (χ1v) is 8.75. The van der Waals surface area contributed by atoms with E-state index in [1.54, 1.807) is 0 Å². The number of rotatable bonds is 4. The van der Waals surface area contributed by atoms with E-state index in [0.717, 1.165) is 4.90 Å². The van der Waals surface area contributed by atoms with Crippen molar-refractivity contribution in [3.8, 4) is 0 Å². The molecule has 1 fully saturated rings. The molecule has 3 aromatic rings. The SMILES string of the molecule is Nc1nc(Sc2ccccc2)nc2c1ncn2[C@@H]1O[C@H](CO)[C@@H](O)[C@H]1O. The third kappa shape index (κ3) is 2.91. The van der Waals surface area contributed by atoms with Gasteiger partial charge in [0.1, 0.15) is 23.8 Å². The average Bonchev–Trinajstić information content (AvgIpc) is 3.18. The molecule has 0 amide bonds. The highest BCUT2D eigenvalue weighted by Crippen LogP contribution is 2.33. The van der Waals surface area contributed by atoms with E-state index in [-0.39, 0.29) is 5.82 Å². The van der Waals surface area contributed by atoms with Gasteiger partial charge in [-0.25, -0.2) is 15.0 Å². The van der Waals surface area contributed by atoms with Gasteiger partial charge in [0.2, 0.25) is 0 Å². The van der Waals surface area contributed by atoms with Gasteiger partial charge in [-0.3, -0.25) is 4.57 Å². The van der Waals surface area contributed by atoms with Gasteiger partial charge in [0.15, 0.2) is 22.8 Å². The number of aliphatic hydroxyl groups is 3. The summed E-state index contributed by atoms with van der Waals surface area (Å²) in [6.07, 6.45) is -2.83. The molecular weight excluding hydrogens is 358 g/mol. The van der Waals surface area contributed by atoms with Crippen LogP contribution in [-0.2, 0) is 4.74 Å². The maximum atomic E-state index is 10.2. The van der Waals surface area contributed by atoms with Gasteiger partial charge in [0.25, 0.3) is 0 Å². The predicted molar refractivity (Wildman–Crippen MR) is 93.3 cm³/mol. The van der Waals surface area contributed by atoms with Crippen molar-refractivity contribution in [2.75, 3.05) is 12.3 Å². The van der Waals surface area contributed by atoms with E-state index in [9.17, 15) is 15.3 Å². The van der Waals surface area contributed by atoms with Crippen molar-refractivity contribution in [3.63, 3.8) is 0 Å². The molecule has 3 heterocycles. The molecule has 4 atom stereocenters. The summed E-state index contributed by atoms with van der Waals surface area (Å²) in [5.41, 5.74) is 6.76. The van der Waals surface area contributed by atoms with E-state index in [1.165, 1.54) is 22.7 Å². The topological polar surface area (TPSA) is 140 Å². The molecule has 26 heavy (non-hydrogen) atoms. The third-order valence-corrected chi connectivity index (χ3v) is 5.04. The Bertz CT molecular complexity index is 922. The van der Waals surface area contributed by atoms with Gasteiger partial charge < -0.3 is 25.8 Å². The predicted octanol–water partition coefficient (Wildman–Crippen LogP) is 0.171. The fraction of sp³-hybridized carbons (Fsp3) is 0.312. The van der Waals surface area contributed by atoms with Crippen LogP contribution in [0.5, 0.6) is 0 Å². The first kappa shape index (κ1) is 17.2. The Labute approximate surface area is 152 Å². The number of benzene rings is 1. The number of nitrogen functional groups attached to an aromatic ring is 1. The van der Waals surface area contributed by atoms with Crippen LogP contribution in [0.3, 0.4) is 0 Å². The molecule has 0 bridgehead atoms. The second kappa shape index (κ2) is 6.82. The monoisotopic (exact) mass is 375 g/mol. The number of nitrogens with zero attached hydrogens (tertiary/aromatic N) is 4. The molecule has 4 rings (SSSR count). The van der Waals surface area contributed by atoms with Crippen LogP contribution in [0.25, 0.3) is 11.2 Å². The van der Waals surface area contributed by atoms with Crippen LogP contribution < -0.4 is 5.73 Å². The summed E-state index contributed by atoms with van der Waals surface area (Å²) in [5.74, 6) is 0.207. The van der Waals surface area contributed by atoms with Gasteiger partial charge in [-0.2, -0.15) is 0 Å². The van der Waals surface area contributed by atoms with Crippen molar-refractivity contribution >= 4 is 28.7 Å². The fourth-order valence-electron chi connectivity index (χ4n) is 2.85. The van der Waals surface area contributed by atoms with E-state index in [4.69, 9.17) is 10.5 Å². The number of fused-ring (bicyclic) bond motifs is 1. The molecule has 2 aromatic heterocycles. The second-order valence-electron chi connectivity index (χ2n) is 5.86. The van der Waals surface area contributed by atoms with Crippen LogP contribution in [-0.4, -0.2) is 59.8 Å². The highest BCUT2D eigenvalue weighted by atomic mass is 32.2. The zero-order chi connectivity index (χ0) is 18.3. The van der Waals surface area contributed by atoms with Crippen molar-refractivity contribution in [2.45, 2.75) is 34.6 Å². The van der Waals surface area contributed by atoms with Gasteiger partial charge >= 0.3 is 0 Å². The highest BCUT2D eigenvalue weighted by Gasteiger charge is 2.44. The number of nitrogens with two attached hydrogens (primary N) is 1. The van der Waals surface area contributed by atoms with Gasteiger partial charge in [0, 0.05) is 4.90 Å². The van der Waals surface area contributed by atoms with E-state index in [2.05, 4.69) is 15.0 Å². The summed E-state index contributed by atoms with van der Waals surface area (Å²) in [6.45, 7) is -0.409. The molecule has 5 N–H and O–H groups in total. The number of hydrogen-bond donors (Lipinski definition) is 4. The molecule has 0 spiro atoms. The second-order valence-corrected chi connectivity index (χ2v) is 6.90. The largest absolute Gasteiger partial charge is 0.394 e. The van der Waals surface area contributed by atoms with Crippen LogP contribution in [0, 0.1) is 0 Å². The number of aliphatic hydroxyl groups excluding tert-OH is 3. The first-order chi connectivity index (χ1) is 12.6.